The SMILES string of the molecule is O=C(NCc1cccc(S(=O)(=O)N2CCC(N3CCCC3)CC2)c1)c1ccc2nccn2c1. The Kier molecular flexibility index (Phi) is 6.18. The van der Waals surface area contributed by atoms with E-state index in [9.17, 15) is 13.2 Å². The van der Waals surface area contributed by atoms with Crippen molar-refractivity contribution in [3.63, 3.8) is 0 Å². The molecule has 0 spiro atoms. The summed E-state index contributed by atoms with van der Waals surface area (Å²) < 4.78 is 29.9. The van der Waals surface area contributed by atoms with Crippen molar-refractivity contribution in [2.75, 3.05) is 26.2 Å². The number of hydrogen-bond acceptors (Lipinski definition) is 5. The van der Waals surface area contributed by atoms with Gasteiger partial charge in [-0.2, -0.15) is 4.31 Å². The molecule has 33 heavy (non-hydrogen) atoms. The zero-order valence-corrected chi connectivity index (χ0v) is 19.4. The highest BCUT2D eigenvalue weighted by atomic mass is 32.2. The van der Waals surface area contributed by atoms with Gasteiger partial charge in [0.2, 0.25) is 10.0 Å². The number of sulfonamides is 1. The highest BCUT2D eigenvalue weighted by Gasteiger charge is 2.32. The number of imidazole rings is 1. The number of nitrogens with zero attached hydrogens (tertiary/aromatic N) is 4. The summed E-state index contributed by atoms with van der Waals surface area (Å²) in [7, 11) is -3.55. The Balaban J connectivity index is 1.22. The van der Waals surface area contributed by atoms with Crippen molar-refractivity contribution < 1.29 is 13.2 Å². The van der Waals surface area contributed by atoms with Crippen molar-refractivity contribution in [1.29, 1.82) is 0 Å². The summed E-state index contributed by atoms with van der Waals surface area (Å²) in [5.41, 5.74) is 2.04. The molecule has 1 aromatic carbocycles. The molecule has 2 fully saturated rings. The third kappa shape index (κ3) is 4.66. The van der Waals surface area contributed by atoms with Gasteiger partial charge in [0.25, 0.3) is 5.91 Å². The molecule has 8 nitrogen and oxygen atoms in total. The number of carbonyl (C=O) groups is 1. The van der Waals surface area contributed by atoms with Crippen LogP contribution in [0.25, 0.3) is 5.65 Å². The lowest BCUT2D eigenvalue weighted by molar-refractivity contribution is 0.0950. The van der Waals surface area contributed by atoms with Crippen molar-refractivity contribution in [2.24, 2.45) is 0 Å². The van der Waals surface area contributed by atoms with E-state index in [1.807, 2.05) is 6.07 Å². The molecule has 2 aliphatic rings. The van der Waals surface area contributed by atoms with Crippen LogP contribution in [0.2, 0.25) is 0 Å². The first-order valence-electron chi connectivity index (χ1n) is 11.5. The predicted molar refractivity (Wildman–Crippen MR) is 125 cm³/mol. The van der Waals surface area contributed by atoms with Crippen molar-refractivity contribution in [1.82, 2.24) is 23.9 Å². The van der Waals surface area contributed by atoms with Gasteiger partial charge in [-0.25, -0.2) is 13.4 Å². The van der Waals surface area contributed by atoms with E-state index >= 15 is 0 Å². The molecule has 0 saturated carbocycles. The van der Waals surface area contributed by atoms with Crippen LogP contribution in [0, 0.1) is 0 Å². The van der Waals surface area contributed by atoms with Gasteiger partial charge in [0.1, 0.15) is 5.65 Å². The molecule has 0 radical (unpaired) electrons. The third-order valence-corrected chi connectivity index (χ3v) is 8.62. The molecule has 0 aliphatic carbocycles. The molecule has 2 saturated heterocycles. The number of amides is 1. The average molecular weight is 468 g/mol. The second-order valence-corrected chi connectivity index (χ2v) is 10.8. The van der Waals surface area contributed by atoms with Gasteiger partial charge in [-0.3, -0.25) is 4.79 Å². The van der Waals surface area contributed by atoms with Gasteiger partial charge in [0.05, 0.1) is 10.5 Å². The number of piperidine rings is 1. The number of carbonyl (C=O) groups excluding carboxylic acids is 1. The van der Waals surface area contributed by atoms with Gasteiger partial charge in [0.15, 0.2) is 0 Å². The number of fused-ring (bicyclic) bond motifs is 1. The summed E-state index contributed by atoms with van der Waals surface area (Å²) in [5, 5.41) is 2.88. The molecule has 174 valence electrons. The standard InChI is InChI=1S/C24H29N5O3S/c30-24(20-6-7-23-25-10-15-28(23)18-20)26-17-19-4-3-5-22(16-19)33(31,32)29-13-8-21(9-14-29)27-11-1-2-12-27/h3-7,10,15-16,18,21H,1-2,8-9,11-14,17H2,(H,26,30). The Morgan fingerprint density at radius 3 is 2.64 bits per heavy atom. The molecule has 2 aromatic heterocycles. The van der Waals surface area contributed by atoms with Crippen LogP contribution in [0.1, 0.15) is 41.6 Å². The molecule has 1 amide bonds. The minimum absolute atomic E-state index is 0.220. The van der Waals surface area contributed by atoms with E-state index in [2.05, 4.69) is 15.2 Å². The molecule has 5 rings (SSSR count). The van der Waals surface area contributed by atoms with Gasteiger partial charge in [0, 0.05) is 44.3 Å². The molecular weight excluding hydrogens is 438 g/mol. The van der Waals surface area contributed by atoms with Gasteiger partial charge in [-0.05, 0) is 68.6 Å². The fraction of sp³-hybridized carbons (Fsp3) is 0.417. The quantitative estimate of drug-likeness (QED) is 0.602. The Bertz CT molecular complexity index is 1240. The summed E-state index contributed by atoms with van der Waals surface area (Å²) in [5.74, 6) is -0.220. The number of likely N-dealkylation sites (tertiary alicyclic amines) is 1. The Morgan fingerprint density at radius 2 is 1.85 bits per heavy atom. The van der Waals surface area contributed by atoms with E-state index in [0.29, 0.717) is 24.7 Å². The lowest BCUT2D eigenvalue weighted by Crippen LogP contribution is -2.45. The highest BCUT2D eigenvalue weighted by molar-refractivity contribution is 7.89. The minimum Gasteiger partial charge on any atom is -0.348 e. The number of hydrogen-bond donors (Lipinski definition) is 1. The number of aromatic nitrogens is 2. The van der Waals surface area contributed by atoms with Crippen LogP contribution in [-0.4, -0.2) is 65.1 Å². The minimum atomic E-state index is -3.55. The number of rotatable bonds is 6. The summed E-state index contributed by atoms with van der Waals surface area (Å²) in [4.78, 5) is 19.6. The Labute approximate surface area is 194 Å². The summed E-state index contributed by atoms with van der Waals surface area (Å²) in [6.45, 7) is 3.65. The van der Waals surface area contributed by atoms with E-state index in [0.717, 1.165) is 37.1 Å². The average Bonchev–Trinajstić information content (AvgIpc) is 3.54. The van der Waals surface area contributed by atoms with Crippen LogP contribution >= 0.6 is 0 Å². The highest BCUT2D eigenvalue weighted by Crippen LogP contribution is 2.25. The fourth-order valence-corrected chi connectivity index (χ4v) is 6.40. The number of pyridine rings is 1. The molecule has 0 unspecified atom stereocenters. The smallest absolute Gasteiger partial charge is 0.253 e. The van der Waals surface area contributed by atoms with Crippen LogP contribution < -0.4 is 5.32 Å². The first kappa shape index (κ1) is 22.1. The van der Waals surface area contributed by atoms with E-state index in [1.54, 1.807) is 57.6 Å². The van der Waals surface area contributed by atoms with Crippen molar-refractivity contribution in [3.05, 3.63) is 66.1 Å². The summed E-state index contributed by atoms with van der Waals surface area (Å²) in [6, 6.07) is 10.9. The lowest BCUT2D eigenvalue weighted by Gasteiger charge is -2.36. The maximum atomic E-state index is 13.2. The van der Waals surface area contributed by atoms with E-state index < -0.39 is 10.0 Å². The van der Waals surface area contributed by atoms with Gasteiger partial charge < -0.3 is 14.6 Å². The van der Waals surface area contributed by atoms with Gasteiger partial charge in [-0.1, -0.05) is 12.1 Å². The zero-order chi connectivity index (χ0) is 22.8. The summed E-state index contributed by atoms with van der Waals surface area (Å²) in [6.07, 6.45) is 9.46. The number of nitrogens with one attached hydrogen (secondary N) is 1. The number of benzene rings is 1. The first-order chi connectivity index (χ1) is 16.0. The van der Waals surface area contributed by atoms with Crippen LogP contribution in [0.5, 0.6) is 0 Å². The molecule has 9 heteroatoms. The summed E-state index contributed by atoms with van der Waals surface area (Å²) >= 11 is 0. The molecule has 2 aliphatic heterocycles. The van der Waals surface area contributed by atoms with Crippen LogP contribution in [0.3, 0.4) is 0 Å². The second-order valence-electron chi connectivity index (χ2n) is 8.82. The molecule has 0 bridgehead atoms. The van der Waals surface area contributed by atoms with Gasteiger partial charge >= 0.3 is 0 Å². The van der Waals surface area contributed by atoms with Crippen LogP contribution in [-0.2, 0) is 16.6 Å². The molecule has 1 N–H and O–H groups in total. The Hall–Kier alpha value is -2.75. The van der Waals surface area contributed by atoms with Crippen LogP contribution in [0.15, 0.2) is 59.9 Å². The third-order valence-electron chi connectivity index (χ3n) is 6.72. The van der Waals surface area contributed by atoms with Gasteiger partial charge in [-0.15, -0.1) is 0 Å². The monoisotopic (exact) mass is 467 g/mol. The van der Waals surface area contributed by atoms with E-state index in [1.165, 1.54) is 12.8 Å². The predicted octanol–water partition coefficient (Wildman–Crippen LogP) is 2.51. The second kappa shape index (κ2) is 9.24. The fourth-order valence-electron chi connectivity index (χ4n) is 4.86. The van der Waals surface area contributed by atoms with Crippen molar-refractivity contribution in [3.8, 4) is 0 Å². The zero-order valence-electron chi connectivity index (χ0n) is 18.6. The first-order valence-corrected chi connectivity index (χ1v) is 13.0. The lowest BCUT2D eigenvalue weighted by atomic mass is 10.1. The largest absolute Gasteiger partial charge is 0.348 e. The van der Waals surface area contributed by atoms with E-state index in [-0.39, 0.29) is 17.3 Å². The van der Waals surface area contributed by atoms with Crippen LogP contribution in [0.4, 0.5) is 0 Å². The normalized spacial score (nSPS) is 18.7. The maximum absolute atomic E-state index is 13.2. The van der Waals surface area contributed by atoms with E-state index in [4.69, 9.17) is 0 Å². The maximum Gasteiger partial charge on any atom is 0.253 e. The Morgan fingerprint density at radius 1 is 1.06 bits per heavy atom. The van der Waals surface area contributed by atoms with Crippen molar-refractivity contribution >= 4 is 21.6 Å². The topological polar surface area (TPSA) is 87.0 Å². The molecule has 0 atom stereocenters. The molecule has 3 aromatic rings. The van der Waals surface area contributed by atoms with Crippen molar-refractivity contribution in [2.45, 2.75) is 43.2 Å². The molecular formula is C24H29N5O3S. The molecule has 4 heterocycles.